The molecule has 4 aromatic rings. The molecule has 0 saturated heterocycles. The van der Waals surface area contributed by atoms with Crippen molar-refractivity contribution >= 4 is 39.2 Å². The molecule has 1 aromatic heterocycles. The molecule has 0 bridgehead atoms. The lowest BCUT2D eigenvalue weighted by Crippen LogP contribution is -2.14. The highest BCUT2D eigenvalue weighted by molar-refractivity contribution is 7.87. The molecule has 10 heteroatoms. The predicted molar refractivity (Wildman–Crippen MR) is 167 cm³/mol. The first kappa shape index (κ1) is 31.2. The SMILES string of the molecule is CC(=O)Oc1cc(S(=O)(=O)Oc2ccc(C(=O)c3c(Cc4ccccc4)sc(C)c3C)cc2C2CCCC2)ccc1C(=O)O. The second kappa shape index (κ2) is 12.8. The third-order valence-corrected chi connectivity index (χ3v) is 10.3. The number of ketones is 1. The highest BCUT2D eigenvalue weighted by atomic mass is 32.2. The molecule has 8 nitrogen and oxygen atoms in total. The number of rotatable bonds is 10. The Morgan fingerprint density at radius 1 is 0.932 bits per heavy atom. The van der Waals surface area contributed by atoms with E-state index in [1.165, 1.54) is 6.07 Å². The monoisotopic (exact) mass is 632 g/mol. The van der Waals surface area contributed by atoms with Crippen molar-refractivity contribution in [2.24, 2.45) is 0 Å². The van der Waals surface area contributed by atoms with E-state index in [2.05, 4.69) is 0 Å². The van der Waals surface area contributed by atoms with Gasteiger partial charge in [0.05, 0.1) is 0 Å². The number of thiophene rings is 1. The van der Waals surface area contributed by atoms with Crippen molar-refractivity contribution in [3.05, 3.63) is 110 Å². The molecule has 5 rings (SSSR count). The Balaban J connectivity index is 1.51. The fourth-order valence-corrected chi connectivity index (χ4v) is 7.79. The minimum absolute atomic E-state index is 0.00744. The molecular formula is C34H32O8S2. The minimum Gasteiger partial charge on any atom is -0.478 e. The Labute approximate surface area is 260 Å². The van der Waals surface area contributed by atoms with Crippen LogP contribution in [0.5, 0.6) is 11.5 Å². The number of hydrogen-bond donors (Lipinski definition) is 1. The predicted octanol–water partition coefficient (Wildman–Crippen LogP) is 7.24. The number of carbonyl (C=O) groups is 3. The number of benzene rings is 3. The van der Waals surface area contributed by atoms with Crippen molar-refractivity contribution in [1.29, 1.82) is 0 Å². The summed E-state index contributed by atoms with van der Waals surface area (Å²) in [5, 5.41) is 9.43. The van der Waals surface area contributed by atoms with Crippen LogP contribution in [0.1, 0.15) is 91.2 Å². The number of hydrogen-bond acceptors (Lipinski definition) is 8. The molecule has 0 spiro atoms. The Morgan fingerprint density at radius 3 is 2.30 bits per heavy atom. The van der Waals surface area contributed by atoms with Crippen LogP contribution in [0.25, 0.3) is 0 Å². The molecule has 1 fully saturated rings. The molecule has 3 aromatic carbocycles. The summed E-state index contributed by atoms with van der Waals surface area (Å²) in [6.07, 6.45) is 4.23. The van der Waals surface area contributed by atoms with Crippen molar-refractivity contribution in [2.45, 2.75) is 63.7 Å². The molecule has 1 heterocycles. The van der Waals surface area contributed by atoms with Gasteiger partial charge in [0.15, 0.2) is 5.78 Å². The van der Waals surface area contributed by atoms with Crippen LogP contribution in [0, 0.1) is 13.8 Å². The summed E-state index contributed by atoms with van der Waals surface area (Å²) in [6, 6.07) is 17.9. The smallest absolute Gasteiger partial charge is 0.339 e. The third kappa shape index (κ3) is 6.61. The van der Waals surface area contributed by atoms with Gasteiger partial charge in [-0.3, -0.25) is 9.59 Å². The van der Waals surface area contributed by atoms with Gasteiger partial charge in [-0.2, -0.15) is 8.42 Å². The van der Waals surface area contributed by atoms with E-state index in [1.54, 1.807) is 23.5 Å². The highest BCUT2D eigenvalue weighted by Gasteiger charge is 2.28. The van der Waals surface area contributed by atoms with Gasteiger partial charge < -0.3 is 14.0 Å². The van der Waals surface area contributed by atoms with Crippen LogP contribution in [0.15, 0.2) is 71.6 Å². The van der Waals surface area contributed by atoms with Gasteiger partial charge in [-0.05, 0) is 79.6 Å². The summed E-state index contributed by atoms with van der Waals surface area (Å²) < 4.78 is 37.4. The topological polar surface area (TPSA) is 124 Å². The zero-order valence-corrected chi connectivity index (χ0v) is 26.2. The molecule has 44 heavy (non-hydrogen) atoms. The molecule has 0 unspecified atom stereocenters. The van der Waals surface area contributed by atoms with Crippen LogP contribution in [0.4, 0.5) is 0 Å². The zero-order chi connectivity index (χ0) is 31.6. The summed E-state index contributed by atoms with van der Waals surface area (Å²) >= 11 is 1.61. The van der Waals surface area contributed by atoms with Crippen LogP contribution in [0.2, 0.25) is 0 Å². The summed E-state index contributed by atoms with van der Waals surface area (Å²) in [4.78, 5) is 38.8. The number of esters is 1. The minimum atomic E-state index is -4.46. The van der Waals surface area contributed by atoms with Crippen molar-refractivity contribution in [2.75, 3.05) is 0 Å². The Hall–Kier alpha value is -4.28. The maximum atomic E-state index is 14.0. The van der Waals surface area contributed by atoms with Crippen LogP contribution in [0.3, 0.4) is 0 Å². The molecule has 0 aliphatic heterocycles. The van der Waals surface area contributed by atoms with E-state index in [0.717, 1.165) is 71.7 Å². The number of ether oxygens (including phenoxy) is 1. The van der Waals surface area contributed by atoms with Gasteiger partial charge in [0.2, 0.25) is 0 Å². The van der Waals surface area contributed by atoms with Gasteiger partial charge in [0, 0.05) is 40.3 Å². The van der Waals surface area contributed by atoms with Crippen LogP contribution in [-0.4, -0.2) is 31.2 Å². The molecule has 1 aliphatic carbocycles. The van der Waals surface area contributed by atoms with Gasteiger partial charge in [0.25, 0.3) is 0 Å². The van der Waals surface area contributed by atoms with E-state index in [1.807, 2.05) is 44.2 Å². The largest absolute Gasteiger partial charge is 0.478 e. The molecule has 228 valence electrons. The quantitative estimate of drug-likeness (QED) is 0.0840. The van der Waals surface area contributed by atoms with Gasteiger partial charge in [-0.15, -0.1) is 11.3 Å². The fraction of sp³-hybridized carbons (Fsp3) is 0.265. The lowest BCUT2D eigenvalue weighted by Gasteiger charge is -2.18. The van der Waals surface area contributed by atoms with Crippen LogP contribution < -0.4 is 8.92 Å². The number of aromatic carboxylic acids is 1. The molecule has 0 amide bonds. The Morgan fingerprint density at radius 2 is 1.64 bits per heavy atom. The van der Waals surface area contributed by atoms with Gasteiger partial charge in [-0.25, -0.2) is 4.79 Å². The average molecular weight is 633 g/mol. The van der Waals surface area contributed by atoms with Crippen molar-refractivity contribution in [1.82, 2.24) is 0 Å². The van der Waals surface area contributed by atoms with Gasteiger partial charge >= 0.3 is 22.1 Å². The first-order valence-corrected chi connectivity index (χ1v) is 16.5. The Kier molecular flexibility index (Phi) is 9.03. The highest BCUT2D eigenvalue weighted by Crippen LogP contribution is 2.41. The van der Waals surface area contributed by atoms with Crippen molar-refractivity contribution in [3.63, 3.8) is 0 Å². The van der Waals surface area contributed by atoms with Crippen LogP contribution in [-0.2, 0) is 21.3 Å². The van der Waals surface area contributed by atoms with E-state index in [0.29, 0.717) is 23.1 Å². The second-order valence-electron chi connectivity index (χ2n) is 10.9. The van der Waals surface area contributed by atoms with Crippen molar-refractivity contribution < 1.29 is 36.8 Å². The van der Waals surface area contributed by atoms with E-state index in [4.69, 9.17) is 8.92 Å². The average Bonchev–Trinajstić information content (AvgIpc) is 3.61. The first-order valence-electron chi connectivity index (χ1n) is 14.3. The van der Waals surface area contributed by atoms with Gasteiger partial charge in [-0.1, -0.05) is 43.2 Å². The number of carboxylic acid groups (broad SMARTS) is 1. The maximum Gasteiger partial charge on any atom is 0.339 e. The molecule has 1 saturated carbocycles. The van der Waals surface area contributed by atoms with Crippen molar-refractivity contribution in [3.8, 4) is 11.5 Å². The van der Waals surface area contributed by atoms with Gasteiger partial charge in [0.1, 0.15) is 22.0 Å². The first-order chi connectivity index (χ1) is 20.9. The molecule has 0 radical (unpaired) electrons. The van der Waals surface area contributed by atoms with E-state index in [-0.39, 0.29) is 27.9 Å². The molecular weight excluding hydrogens is 601 g/mol. The summed E-state index contributed by atoms with van der Waals surface area (Å²) in [7, 11) is -4.46. The number of carbonyl (C=O) groups excluding carboxylic acids is 2. The molecule has 0 atom stereocenters. The standard InChI is InChI=1S/C34H32O8S2/c1-20-21(2)43-31(17-23-9-5-4-6-10-23)32(20)33(36)25-13-16-29(28(18-25)24-11-7-8-12-24)42-44(39,40)26-14-15-27(34(37)38)30(19-26)41-22(3)35/h4-6,9-10,13-16,18-19,24H,7-8,11-12,17H2,1-3H3,(H,37,38). The van der Waals surface area contributed by atoms with E-state index in [9.17, 15) is 27.9 Å². The number of aryl methyl sites for hydroxylation is 1. The Bertz CT molecular complexity index is 1850. The van der Waals surface area contributed by atoms with E-state index >= 15 is 0 Å². The zero-order valence-electron chi connectivity index (χ0n) is 24.6. The van der Waals surface area contributed by atoms with E-state index < -0.39 is 27.8 Å². The second-order valence-corrected chi connectivity index (χ2v) is 13.8. The molecule has 1 aliphatic rings. The third-order valence-electron chi connectivity index (χ3n) is 7.89. The normalized spacial score (nSPS) is 13.5. The number of carboxylic acids is 1. The summed E-state index contributed by atoms with van der Waals surface area (Å²) in [5.41, 5.74) is 3.44. The van der Waals surface area contributed by atoms with Crippen LogP contribution >= 0.6 is 11.3 Å². The summed E-state index contributed by atoms with van der Waals surface area (Å²) in [5.74, 6) is -2.59. The maximum absolute atomic E-state index is 14.0. The summed E-state index contributed by atoms with van der Waals surface area (Å²) in [6.45, 7) is 5.05. The fourth-order valence-electron chi connectivity index (χ4n) is 5.61. The lowest BCUT2D eigenvalue weighted by atomic mass is 9.91. The lowest BCUT2D eigenvalue weighted by molar-refractivity contribution is -0.131. The molecule has 1 N–H and O–H groups in total.